The third kappa shape index (κ3) is 5.98. The maximum absolute atomic E-state index is 12.1. The molecule has 2 amide bonds. The van der Waals surface area contributed by atoms with Crippen LogP contribution in [0.5, 0.6) is 0 Å². The van der Waals surface area contributed by atoms with E-state index in [1.54, 1.807) is 24.3 Å². The minimum absolute atomic E-state index is 0. The molecule has 1 aliphatic rings. The highest BCUT2D eigenvalue weighted by atomic mass is 35.5. The van der Waals surface area contributed by atoms with E-state index in [1.807, 2.05) is 0 Å². The van der Waals surface area contributed by atoms with Crippen LogP contribution >= 0.6 is 36.4 Å². The zero-order valence-electron chi connectivity index (χ0n) is 11.7. The van der Waals surface area contributed by atoms with Crippen LogP contribution in [0.1, 0.15) is 6.42 Å². The Balaban J connectivity index is 0.00000220. The molecule has 2 rings (SSSR count). The first kappa shape index (κ1) is 20.9. The Morgan fingerprint density at radius 2 is 1.91 bits per heavy atom. The maximum atomic E-state index is 12.1. The van der Waals surface area contributed by atoms with Crippen molar-refractivity contribution < 1.29 is 9.59 Å². The van der Waals surface area contributed by atoms with Crippen LogP contribution in [0.15, 0.2) is 24.3 Å². The molecule has 1 fully saturated rings. The van der Waals surface area contributed by atoms with E-state index in [0.29, 0.717) is 23.7 Å². The van der Waals surface area contributed by atoms with Gasteiger partial charge in [-0.15, -0.1) is 24.8 Å². The number of anilines is 1. The Bertz CT molecular complexity index is 499. The maximum Gasteiger partial charge on any atom is 0.241 e. The highest BCUT2D eigenvalue weighted by Gasteiger charge is 2.30. The third-order valence-electron chi connectivity index (χ3n) is 3.11. The van der Waals surface area contributed by atoms with Gasteiger partial charge in [-0.05, 0) is 30.7 Å². The average Bonchev–Trinajstić information content (AvgIpc) is 2.89. The first-order chi connectivity index (χ1) is 9.58. The van der Waals surface area contributed by atoms with Gasteiger partial charge in [-0.25, -0.2) is 0 Å². The molecule has 0 radical (unpaired) electrons. The predicted molar refractivity (Wildman–Crippen MR) is 92.0 cm³/mol. The van der Waals surface area contributed by atoms with Gasteiger partial charge in [0.05, 0.1) is 12.6 Å². The van der Waals surface area contributed by atoms with E-state index < -0.39 is 0 Å². The standard InChI is InChI=1S/C13H17ClN4O2.2ClH/c14-8-1-3-9(4-2-8)18-13(20)11-5-10(7-16-11)17-12(19)6-15;;/h1-4,10-11,16H,5-7,15H2,(H,17,19)(H,18,20);2*1H/t10-,11+;;/m1../s1. The monoisotopic (exact) mass is 368 g/mol. The fourth-order valence-corrected chi connectivity index (χ4v) is 2.22. The topological polar surface area (TPSA) is 96.2 Å². The highest BCUT2D eigenvalue weighted by molar-refractivity contribution is 6.30. The minimum atomic E-state index is -0.325. The summed E-state index contributed by atoms with van der Waals surface area (Å²) in [5, 5.41) is 9.25. The van der Waals surface area contributed by atoms with Crippen LogP contribution in [0.25, 0.3) is 0 Å². The number of amides is 2. The van der Waals surface area contributed by atoms with Gasteiger partial charge in [-0.2, -0.15) is 0 Å². The summed E-state index contributed by atoms with van der Waals surface area (Å²) in [6.07, 6.45) is 0.547. The molecule has 0 aromatic heterocycles. The van der Waals surface area contributed by atoms with Gasteiger partial charge in [0.25, 0.3) is 0 Å². The number of nitrogens with two attached hydrogens (primary N) is 1. The fourth-order valence-electron chi connectivity index (χ4n) is 2.09. The molecular weight excluding hydrogens is 351 g/mol. The molecule has 124 valence electrons. The van der Waals surface area contributed by atoms with Gasteiger partial charge in [0.1, 0.15) is 0 Å². The molecule has 0 spiro atoms. The first-order valence-electron chi connectivity index (χ1n) is 6.37. The summed E-state index contributed by atoms with van der Waals surface area (Å²) in [5.41, 5.74) is 5.93. The van der Waals surface area contributed by atoms with Gasteiger partial charge < -0.3 is 21.7 Å². The molecular formula is C13H19Cl3N4O2. The summed E-state index contributed by atoms with van der Waals surface area (Å²) in [6, 6.07) is 6.51. The average molecular weight is 370 g/mol. The minimum Gasteiger partial charge on any atom is -0.351 e. The second-order valence-electron chi connectivity index (χ2n) is 4.66. The van der Waals surface area contributed by atoms with Crippen molar-refractivity contribution in [2.24, 2.45) is 5.73 Å². The Kier molecular flexibility index (Phi) is 9.39. The Labute approximate surface area is 146 Å². The van der Waals surface area contributed by atoms with Crippen molar-refractivity contribution in [1.82, 2.24) is 10.6 Å². The number of benzene rings is 1. The van der Waals surface area contributed by atoms with E-state index in [4.69, 9.17) is 17.3 Å². The molecule has 0 aliphatic carbocycles. The zero-order valence-corrected chi connectivity index (χ0v) is 14.1. The van der Waals surface area contributed by atoms with Crippen molar-refractivity contribution in [2.75, 3.05) is 18.4 Å². The lowest BCUT2D eigenvalue weighted by molar-refractivity contribution is -0.121. The largest absolute Gasteiger partial charge is 0.351 e. The highest BCUT2D eigenvalue weighted by Crippen LogP contribution is 2.15. The quantitative estimate of drug-likeness (QED) is 0.635. The summed E-state index contributed by atoms with van der Waals surface area (Å²) in [6.45, 7) is 0.516. The molecule has 2 atom stereocenters. The summed E-state index contributed by atoms with van der Waals surface area (Å²) in [4.78, 5) is 23.2. The lowest BCUT2D eigenvalue weighted by atomic mass is 10.1. The van der Waals surface area contributed by atoms with E-state index in [2.05, 4.69) is 16.0 Å². The molecule has 1 heterocycles. The first-order valence-corrected chi connectivity index (χ1v) is 6.75. The van der Waals surface area contributed by atoms with Gasteiger partial charge in [0.2, 0.25) is 11.8 Å². The molecule has 6 nitrogen and oxygen atoms in total. The molecule has 0 unspecified atom stereocenters. The van der Waals surface area contributed by atoms with Crippen molar-refractivity contribution in [3.05, 3.63) is 29.3 Å². The van der Waals surface area contributed by atoms with E-state index in [-0.39, 0.29) is 55.3 Å². The number of hydrogen-bond donors (Lipinski definition) is 4. The van der Waals surface area contributed by atoms with Crippen LogP contribution in [-0.4, -0.2) is 37.0 Å². The van der Waals surface area contributed by atoms with Gasteiger partial charge in [-0.1, -0.05) is 11.6 Å². The predicted octanol–water partition coefficient (Wildman–Crippen LogP) is 0.928. The van der Waals surface area contributed by atoms with Crippen molar-refractivity contribution in [3.63, 3.8) is 0 Å². The number of carbonyl (C=O) groups excluding carboxylic acids is 2. The molecule has 0 saturated carbocycles. The fraction of sp³-hybridized carbons (Fsp3) is 0.385. The molecule has 9 heteroatoms. The molecule has 1 aliphatic heterocycles. The van der Waals surface area contributed by atoms with Crippen molar-refractivity contribution in [3.8, 4) is 0 Å². The van der Waals surface area contributed by atoms with Gasteiger partial charge >= 0.3 is 0 Å². The van der Waals surface area contributed by atoms with Crippen LogP contribution in [0.3, 0.4) is 0 Å². The van der Waals surface area contributed by atoms with E-state index in [1.165, 1.54) is 0 Å². The summed E-state index contributed by atoms with van der Waals surface area (Å²) in [5.74, 6) is -0.340. The van der Waals surface area contributed by atoms with Crippen LogP contribution in [-0.2, 0) is 9.59 Å². The molecule has 22 heavy (non-hydrogen) atoms. The normalized spacial score (nSPS) is 19.5. The number of rotatable bonds is 4. The Morgan fingerprint density at radius 1 is 1.27 bits per heavy atom. The number of hydrogen-bond acceptors (Lipinski definition) is 4. The molecule has 1 aromatic rings. The van der Waals surface area contributed by atoms with Crippen molar-refractivity contribution >= 4 is 53.9 Å². The molecule has 5 N–H and O–H groups in total. The lowest BCUT2D eigenvalue weighted by Crippen LogP contribution is -2.39. The van der Waals surface area contributed by atoms with Crippen LogP contribution in [0.4, 0.5) is 5.69 Å². The Morgan fingerprint density at radius 3 is 2.50 bits per heavy atom. The van der Waals surface area contributed by atoms with E-state index in [9.17, 15) is 9.59 Å². The van der Waals surface area contributed by atoms with Crippen LogP contribution < -0.4 is 21.7 Å². The van der Waals surface area contributed by atoms with Crippen molar-refractivity contribution in [2.45, 2.75) is 18.5 Å². The third-order valence-corrected chi connectivity index (χ3v) is 3.36. The molecule has 1 aromatic carbocycles. The van der Waals surface area contributed by atoms with Gasteiger partial charge in [-0.3, -0.25) is 9.59 Å². The zero-order chi connectivity index (χ0) is 14.5. The lowest BCUT2D eigenvalue weighted by Gasteiger charge is -2.12. The molecule has 0 bridgehead atoms. The number of nitrogens with one attached hydrogen (secondary N) is 3. The second-order valence-corrected chi connectivity index (χ2v) is 5.10. The summed E-state index contributed by atoms with van der Waals surface area (Å²) >= 11 is 5.78. The second kappa shape index (κ2) is 9.86. The van der Waals surface area contributed by atoms with Gasteiger partial charge in [0, 0.05) is 23.3 Å². The van der Waals surface area contributed by atoms with Crippen LogP contribution in [0.2, 0.25) is 5.02 Å². The van der Waals surface area contributed by atoms with Crippen LogP contribution in [0, 0.1) is 0 Å². The summed E-state index contributed by atoms with van der Waals surface area (Å²) < 4.78 is 0. The Hall–Kier alpha value is -1.05. The van der Waals surface area contributed by atoms with Gasteiger partial charge in [0.15, 0.2) is 0 Å². The van der Waals surface area contributed by atoms with E-state index in [0.717, 1.165) is 0 Å². The van der Waals surface area contributed by atoms with Crippen molar-refractivity contribution in [1.29, 1.82) is 0 Å². The summed E-state index contributed by atoms with van der Waals surface area (Å²) in [7, 11) is 0. The number of halogens is 3. The number of carbonyl (C=O) groups is 2. The molecule has 1 saturated heterocycles. The smallest absolute Gasteiger partial charge is 0.241 e. The van der Waals surface area contributed by atoms with E-state index >= 15 is 0 Å². The SMILES string of the molecule is Cl.Cl.NCC(=O)N[C@H]1CN[C@H](C(=O)Nc2ccc(Cl)cc2)C1.